The predicted molar refractivity (Wildman–Crippen MR) is 55.1 cm³/mol. The molecule has 0 atom stereocenters. The van der Waals surface area contributed by atoms with E-state index in [9.17, 15) is 4.79 Å². The Labute approximate surface area is 78.4 Å². The van der Waals surface area contributed by atoms with Crippen molar-refractivity contribution in [2.24, 2.45) is 5.92 Å². The second-order valence-corrected chi connectivity index (χ2v) is 3.52. The average molecular weight is 180 g/mol. The maximum absolute atomic E-state index is 11.6. The SMILES string of the molecule is CNc1cccn(CC(C)C)c1=O. The summed E-state index contributed by atoms with van der Waals surface area (Å²) in [5.74, 6) is 0.491. The molecule has 3 heteroatoms. The quantitative estimate of drug-likeness (QED) is 0.765. The van der Waals surface area contributed by atoms with E-state index in [0.717, 1.165) is 6.54 Å². The highest BCUT2D eigenvalue weighted by molar-refractivity contribution is 5.39. The van der Waals surface area contributed by atoms with Gasteiger partial charge in [-0.25, -0.2) is 0 Å². The number of hydrogen-bond acceptors (Lipinski definition) is 2. The number of rotatable bonds is 3. The monoisotopic (exact) mass is 180 g/mol. The summed E-state index contributed by atoms with van der Waals surface area (Å²) in [6.07, 6.45) is 1.82. The van der Waals surface area contributed by atoms with Crippen LogP contribution < -0.4 is 10.9 Å². The molecule has 1 rings (SSSR count). The highest BCUT2D eigenvalue weighted by Crippen LogP contribution is 2.00. The molecule has 1 aromatic heterocycles. The van der Waals surface area contributed by atoms with Crippen molar-refractivity contribution in [1.29, 1.82) is 0 Å². The fourth-order valence-electron chi connectivity index (χ4n) is 1.26. The Bertz CT molecular complexity index is 328. The topological polar surface area (TPSA) is 34.0 Å². The summed E-state index contributed by atoms with van der Waals surface area (Å²) >= 11 is 0. The number of aromatic nitrogens is 1. The lowest BCUT2D eigenvalue weighted by molar-refractivity contribution is 0.512. The van der Waals surface area contributed by atoms with E-state index < -0.39 is 0 Å². The van der Waals surface area contributed by atoms with Crippen molar-refractivity contribution in [3.05, 3.63) is 28.7 Å². The van der Waals surface area contributed by atoms with Crippen molar-refractivity contribution in [1.82, 2.24) is 4.57 Å². The largest absolute Gasteiger partial charge is 0.384 e. The number of nitrogens with zero attached hydrogens (tertiary/aromatic N) is 1. The second kappa shape index (κ2) is 4.12. The maximum atomic E-state index is 11.6. The molecule has 0 saturated heterocycles. The van der Waals surface area contributed by atoms with Gasteiger partial charge in [-0.1, -0.05) is 13.8 Å². The van der Waals surface area contributed by atoms with Crippen LogP contribution in [0.5, 0.6) is 0 Å². The van der Waals surface area contributed by atoms with Gasteiger partial charge in [0.1, 0.15) is 5.69 Å². The third-order valence-electron chi connectivity index (χ3n) is 1.85. The molecule has 0 saturated carbocycles. The van der Waals surface area contributed by atoms with Crippen molar-refractivity contribution < 1.29 is 0 Å². The Kier molecular flexibility index (Phi) is 3.12. The average Bonchev–Trinajstić information content (AvgIpc) is 2.08. The first-order valence-corrected chi connectivity index (χ1v) is 4.52. The lowest BCUT2D eigenvalue weighted by Gasteiger charge is -2.09. The van der Waals surface area contributed by atoms with E-state index >= 15 is 0 Å². The Hall–Kier alpha value is -1.25. The standard InChI is InChI=1S/C10H16N2O/c1-8(2)7-12-6-4-5-9(11-3)10(12)13/h4-6,8,11H,7H2,1-3H3. The first kappa shape index (κ1) is 9.84. The Morgan fingerprint density at radius 2 is 2.23 bits per heavy atom. The van der Waals surface area contributed by atoms with E-state index in [0.29, 0.717) is 11.6 Å². The third kappa shape index (κ3) is 2.34. The maximum Gasteiger partial charge on any atom is 0.273 e. The zero-order valence-corrected chi connectivity index (χ0v) is 8.37. The molecule has 0 aliphatic rings. The number of nitrogens with one attached hydrogen (secondary N) is 1. The van der Waals surface area contributed by atoms with Gasteiger partial charge in [0, 0.05) is 19.8 Å². The molecule has 72 valence electrons. The molecule has 1 heterocycles. The molecule has 0 aliphatic heterocycles. The summed E-state index contributed by atoms with van der Waals surface area (Å²) in [7, 11) is 1.76. The van der Waals surface area contributed by atoms with Gasteiger partial charge in [-0.05, 0) is 18.1 Å². The van der Waals surface area contributed by atoms with Crippen LogP contribution in [0, 0.1) is 5.92 Å². The Balaban J connectivity index is 3.02. The third-order valence-corrected chi connectivity index (χ3v) is 1.85. The second-order valence-electron chi connectivity index (χ2n) is 3.52. The number of hydrogen-bond donors (Lipinski definition) is 1. The van der Waals surface area contributed by atoms with Gasteiger partial charge in [0.05, 0.1) is 0 Å². The summed E-state index contributed by atoms with van der Waals surface area (Å²) in [6.45, 7) is 4.96. The molecule has 0 aliphatic carbocycles. The lowest BCUT2D eigenvalue weighted by atomic mass is 10.2. The summed E-state index contributed by atoms with van der Waals surface area (Å²) < 4.78 is 1.73. The van der Waals surface area contributed by atoms with Crippen LogP contribution in [0.4, 0.5) is 5.69 Å². The van der Waals surface area contributed by atoms with E-state index in [1.165, 1.54) is 0 Å². The van der Waals surface area contributed by atoms with Crippen LogP contribution in [0.15, 0.2) is 23.1 Å². The van der Waals surface area contributed by atoms with E-state index in [-0.39, 0.29) is 5.56 Å². The molecule has 0 spiro atoms. The molecule has 0 amide bonds. The molecule has 1 aromatic rings. The normalized spacial score (nSPS) is 10.5. The molecule has 3 nitrogen and oxygen atoms in total. The van der Waals surface area contributed by atoms with Crippen LogP contribution in [0.2, 0.25) is 0 Å². The van der Waals surface area contributed by atoms with Crippen molar-refractivity contribution in [2.75, 3.05) is 12.4 Å². The molecule has 0 aromatic carbocycles. The zero-order valence-electron chi connectivity index (χ0n) is 8.37. The van der Waals surface area contributed by atoms with Gasteiger partial charge in [-0.2, -0.15) is 0 Å². The van der Waals surface area contributed by atoms with Crippen molar-refractivity contribution >= 4 is 5.69 Å². The van der Waals surface area contributed by atoms with Crippen LogP contribution in [0.3, 0.4) is 0 Å². The van der Waals surface area contributed by atoms with Gasteiger partial charge < -0.3 is 9.88 Å². The van der Waals surface area contributed by atoms with Crippen LogP contribution in [0.25, 0.3) is 0 Å². The van der Waals surface area contributed by atoms with Crippen LogP contribution in [-0.2, 0) is 6.54 Å². The van der Waals surface area contributed by atoms with Gasteiger partial charge in [-0.3, -0.25) is 4.79 Å². The molecule has 0 unspecified atom stereocenters. The molecule has 1 N–H and O–H groups in total. The predicted octanol–water partition coefficient (Wildman–Crippen LogP) is 1.55. The van der Waals surface area contributed by atoms with Gasteiger partial charge >= 0.3 is 0 Å². The van der Waals surface area contributed by atoms with Crippen LogP contribution in [0.1, 0.15) is 13.8 Å². The molecule has 13 heavy (non-hydrogen) atoms. The van der Waals surface area contributed by atoms with Crippen LogP contribution in [-0.4, -0.2) is 11.6 Å². The van der Waals surface area contributed by atoms with E-state index in [1.807, 2.05) is 12.3 Å². The minimum absolute atomic E-state index is 0.0544. The van der Waals surface area contributed by atoms with Gasteiger partial charge in [0.2, 0.25) is 0 Å². The van der Waals surface area contributed by atoms with Crippen molar-refractivity contribution in [3.63, 3.8) is 0 Å². The summed E-state index contributed by atoms with van der Waals surface area (Å²) in [5.41, 5.74) is 0.710. The minimum atomic E-state index is 0.0544. The first-order chi connectivity index (χ1) is 6.15. The first-order valence-electron chi connectivity index (χ1n) is 4.52. The number of anilines is 1. The van der Waals surface area contributed by atoms with E-state index in [2.05, 4.69) is 19.2 Å². The van der Waals surface area contributed by atoms with E-state index in [1.54, 1.807) is 17.7 Å². The molecule has 0 fully saturated rings. The molecule has 0 radical (unpaired) electrons. The Morgan fingerprint density at radius 1 is 1.54 bits per heavy atom. The molecular formula is C10H16N2O. The molecule has 0 bridgehead atoms. The summed E-state index contributed by atoms with van der Waals surface area (Å²) in [6, 6.07) is 3.68. The number of pyridine rings is 1. The highest BCUT2D eigenvalue weighted by atomic mass is 16.1. The summed E-state index contributed by atoms with van der Waals surface area (Å²) in [4.78, 5) is 11.6. The summed E-state index contributed by atoms with van der Waals surface area (Å²) in [5, 5.41) is 2.88. The van der Waals surface area contributed by atoms with E-state index in [4.69, 9.17) is 0 Å². The van der Waals surface area contributed by atoms with Gasteiger partial charge in [0.25, 0.3) is 5.56 Å². The fraction of sp³-hybridized carbons (Fsp3) is 0.500. The zero-order chi connectivity index (χ0) is 9.84. The molecular weight excluding hydrogens is 164 g/mol. The highest BCUT2D eigenvalue weighted by Gasteiger charge is 2.01. The lowest BCUT2D eigenvalue weighted by Crippen LogP contribution is -2.23. The van der Waals surface area contributed by atoms with Crippen LogP contribution >= 0.6 is 0 Å². The smallest absolute Gasteiger partial charge is 0.273 e. The fourth-order valence-corrected chi connectivity index (χ4v) is 1.26. The van der Waals surface area contributed by atoms with Gasteiger partial charge in [-0.15, -0.1) is 0 Å². The Morgan fingerprint density at radius 3 is 2.77 bits per heavy atom. The van der Waals surface area contributed by atoms with Crippen molar-refractivity contribution in [3.8, 4) is 0 Å². The van der Waals surface area contributed by atoms with Crippen molar-refractivity contribution in [2.45, 2.75) is 20.4 Å². The minimum Gasteiger partial charge on any atom is -0.384 e. The van der Waals surface area contributed by atoms with Gasteiger partial charge in [0.15, 0.2) is 0 Å².